The second-order valence-electron chi connectivity index (χ2n) is 12.4. The van der Waals surface area contributed by atoms with Crippen LogP contribution in [0.15, 0.2) is 91.0 Å². The lowest BCUT2D eigenvalue weighted by molar-refractivity contribution is -0.149. The molecular weight excluding hydrogens is 658 g/mol. The lowest BCUT2D eigenvalue weighted by Crippen LogP contribution is -2.53. The molecule has 0 bridgehead atoms. The summed E-state index contributed by atoms with van der Waals surface area (Å²) in [5.74, 6) is -6.09. The van der Waals surface area contributed by atoms with Crippen molar-refractivity contribution in [2.45, 2.75) is 56.7 Å². The first-order chi connectivity index (χ1) is 24.4. The number of hydrogen-bond donors (Lipinski definition) is 5. The lowest BCUT2D eigenvalue weighted by Gasteiger charge is -2.35. The highest BCUT2D eigenvalue weighted by molar-refractivity contribution is 5.76. The van der Waals surface area contributed by atoms with E-state index >= 15 is 0 Å². The maximum atomic E-state index is 12.8. The number of benzene rings is 3. The van der Waals surface area contributed by atoms with E-state index < -0.39 is 61.1 Å². The van der Waals surface area contributed by atoms with Gasteiger partial charge in [0.15, 0.2) is 0 Å². The van der Waals surface area contributed by atoms with Crippen molar-refractivity contribution in [2.75, 3.05) is 39.3 Å². The number of carboxylic acids is 5. The van der Waals surface area contributed by atoms with Crippen LogP contribution in [-0.4, -0.2) is 127 Å². The number of hydrogen-bond acceptors (Lipinski definition) is 8. The van der Waals surface area contributed by atoms with E-state index in [4.69, 9.17) is 0 Å². The summed E-state index contributed by atoms with van der Waals surface area (Å²) in [5, 5.41) is 50.2. The van der Waals surface area contributed by atoms with Crippen LogP contribution in [0.25, 0.3) is 0 Å². The Morgan fingerprint density at radius 3 is 0.922 bits per heavy atom. The molecule has 0 saturated heterocycles. The zero-order chi connectivity index (χ0) is 37.2. The molecule has 13 nitrogen and oxygen atoms in total. The average molecular weight is 706 g/mol. The second-order valence-corrected chi connectivity index (χ2v) is 12.4. The van der Waals surface area contributed by atoms with Crippen molar-refractivity contribution >= 4 is 29.8 Å². The van der Waals surface area contributed by atoms with Gasteiger partial charge >= 0.3 is 29.8 Å². The van der Waals surface area contributed by atoms with Gasteiger partial charge in [-0.15, -0.1) is 0 Å². The molecule has 0 spiro atoms. The van der Waals surface area contributed by atoms with Gasteiger partial charge in [-0.25, -0.2) is 0 Å². The fourth-order valence-electron chi connectivity index (χ4n) is 6.21. The number of nitrogens with zero attached hydrogens (tertiary/aromatic N) is 3. The van der Waals surface area contributed by atoms with E-state index in [9.17, 15) is 49.5 Å². The molecule has 0 radical (unpaired) electrons. The SMILES string of the molecule is O=C(O)CN(CCN(CCN(CC(=O)O)C(CCc1ccccc1)C(=O)O)C(CCc1ccccc1)C(=O)O)C(CCc1ccccc1)C(=O)O. The minimum absolute atomic E-state index is 0.0726. The van der Waals surface area contributed by atoms with E-state index in [-0.39, 0.29) is 45.4 Å². The molecule has 0 amide bonds. The van der Waals surface area contributed by atoms with Crippen molar-refractivity contribution < 1.29 is 49.5 Å². The van der Waals surface area contributed by atoms with E-state index in [1.807, 2.05) is 91.0 Å². The van der Waals surface area contributed by atoms with Gasteiger partial charge < -0.3 is 25.5 Å². The van der Waals surface area contributed by atoms with Gasteiger partial charge in [0.25, 0.3) is 0 Å². The minimum atomic E-state index is -1.25. The van der Waals surface area contributed by atoms with Crippen LogP contribution in [0.1, 0.15) is 36.0 Å². The van der Waals surface area contributed by atoms with Gasteiger partial charge in [-0.1, -0.05) is 91.0 Å². The van der Waals surface area contributed by atoms with Crippen molar-refractivity contribution in [3.05, 3.63) is 108 Å². The Kier molecular flexibility index (Phi) is 16.7. The maximum absolute atomic E-state index is 12.8. The van der Waals surface area contributed by atoms with Crippen LogP contribution in [0.5, 0.6) is 0 Å². The Balaban J connectivity index is 1.88. The molecule has 3 aromatic carbocycles. The van der Waals surface area contributed by atoms with Crippen LogP contribution in [0.3, 0.4) is 0 Å². The molecule has 0 aliphatic heterocycles. The number of carboxylic acid groups (broad SMARTS) is 5. The first-order valence-corrected chi connectivity index (χ1v) is 16.9. The third kappa shape index (κ3) is 14.3. The summed E-state index contributed by atoms with van der Waals surface area (Å²) < 4.78 is 0. The molecule has 274 valence electrons. The summed E-state index contributed by atoms with van der Waals surface area (Å²) in [6, 6.07) is 24.1. The van der Waals surface area contributed by atoms with Gasteiger partial charge in [-0.05, 0) is 55.2 Å². The molecule has 0 heterocycles. The normalized spacial score (nSPS) is 13.2. The Labute approximate surface area is 297 Å². The molecule has 3 rings (SSSR count). The van der Waals surface area contributed by atoms with E-state index in [0.717, 1.165) is 16.7 Å². The molecule has 0 saturated carbocycles. The number of aliphatic carboxylic acids is 5. The topological polar surface area (TPSA) is 196 Å². The highest BCUT2D eigenvalue weighted by Crippen LogP contribution is 2.17. The van der Waals surface area contributed by atoms with Crippen LogP contribution in [0.4, 0.5) is 0 Å². The highest BCUT2D eigenvalue weighted by Gasteiger charge is 2.33. The number of aryl methyl sites for hydroxylation is 3. The molecule has 5 N–H and O–H groups in total. The van der Waals surface area contributed by atoms with E-state index in [2.05, 4.69) is 0 Å². The summed E-state index contributed by atoms with van der Waals surface area (Å²) in [6.45, 7) is -1.60. The summed E-state index contributed by atoms with van der Waals surface area (Å²) in [5.41, 5.74) is 2.65. The monoisotopic (exact) mass is 705 g/mol. The van der Waals surface area contributed by atoms with Crippen molar-refractivity contribution in [1.29, 1.82) is 0 Å². The zero-order valence-corrected chi connectivity index (χ0v) is 28.5. The first kappa shape index (κ1) is 40.3. The molecule has 0 aliphatic carbocycles. The van der Waals surface area contributed by atoms with Crippen molar-refractivity contribution in [3.63, 3.8) is 0 Å². The molecule has 3 aromatic rings. The van der Waals surface area contributed by atoms with Gasteiger partial charge in [0.05, 0.1) is 13.1 Å². The number of carbonyl (C=O) groups is 5. The Hall–Kier alpha value is -5.11. The molecular formula is C38H47N3O10. The predicted octanol–water partition coefficient (Wildman–Crippen LogP) is 3.32. The van der Waals surface area contributed by atoms with Crippen LogP contribution >= 0.6 is 0 Å². The van der Waals surface area contributed by atoms with Gasteiger partial charge in [0.1, 0.15) is 18.1 Å². The van der Waals surface area contributed by atoms with Crippen molar-refractivity contribution in [3.8, 4) is 0 Å². The molecule has 3 atom stereocenters. The third-order valence-corrected chi connectivity index (χ3v) is 8.85. The largest absolute Gasteiger partial charge is 0.480 e. The first-order valence-electron chi connectivity index (χ1n) is 16.9. The number of rotatable bonds is 25. The van der Waals surface area contributed by atoms with Crippen LogP contribution < -0.4 is 0 Å². The molecule has 51 heavy (non-hydrogen) atoms. The van der Waals surface area contributed by atoms with E-state index in [1.54, 1.807) is 4.90 Å². The quantitative estimate of drug-likeness (QED) is 0.0862. The van der Waals surface area contributed by atoms with Crippen LogP contribution in [-0.2, 0) is 43.2 Å². The van der Waals surface area contributed by atoms with E-state index in [0.29, 0.717) is 19.3 Å². The summed E-state index contributed by atoms with van der Waals surface area (Å²) in [6.07, 6.45) is 1.49. The zero-order valence-electron chi connectivity index (χ0n) is 28.5. The second kappa shape index (κ2) is 21.2. The standard InChI is InChI=1S/C38H47N3O10/c42-34(43)26-40(32(37(48)49)20-17-29-12-6-2-7-13-29)24-22-39(31(36(46)47)19-16-28-10-4-1-5-11-28)23-25-41(27-35(44)45)33(38(50)51)21-18-30-14-8-3-9-15-30/h1-15,31-33H,16-27H2,(H,42,43)(H,44,45)(H,46,47)(H,48,49)(H,50,51). The van der Waals surface area contributed by atoms with E-state index in [1.165, 1.54) is 9.80 Å². The molecule has 0 aliphatic rings. The van der Waals surface area contributed by atoms with Gasteiger partial charge in [-0.2, -0.15) is 0 Å². The summed E-state index contributed by atoms with van der Waals surface area (Å²) in [7, 11) is 0. The van der Waals surface area contributed by atoms with Crippen molar-refractivity contribution in [2.24, 2.45) is 0 Å². The average Bonchev–Trinajstić information content (AvgIpc) is 3.09. The molecule has 0 aromatic heterocycles. The lowest BCUT2D eigenvalue weighted by atomic mass is 10.0. The summed E-state index contributed by atoms with van der Waals surface area (Å²) in [4.78, 5) is 65.7. The summed E-state index contributed by atoms with van der Waals surface area (Å²) >= 11 is 0. The Bertz CT molecular complexity index is 1460. The van der Waals surface area contributed by atoms with Crippen molar-refractivity contribution in [1.82, 2.24) is 14.7 Å². The minimum Gasteiger partial charge on any atom is -0.480 e. The molecule has 13 heteroatoms. The predicted molar refractivity (Wildman–Crippen MR) is 189 cm³/mol. The maximum Gasteiger partial charge on any atom is 0.320 e. The van der Waals surface area contributed by atoms with Crippen LogP contribution in [0, 0.1) is 0 Å². The smallest absolute Gasteiger partial charge is 0.320 e. The Morgan fingerprint density at radius 1 is 0.412 bits per heavy atom. The fraction of sp³-hybridized carbons (Fsp3) is 0.395. The van der Waals surface area contributed by atoms with Gasteiger partial charge in [0, 0.05) is 26.2 Å². The van der Waals surface area contributed by atoms with Gasteiger partial charge in [0.2, 0.25) is 0 Å². The third-order valence-electron chi connectivity index (χ3n) is 8.85. The highest BCUT2D eigenvalue weighted by atomic mass is 16.4. The molecule has 0 fully saturated rings. The molecule has 3 unspecified atom stereocenters. The van der Waals surface area contributed by atoms with Gasteiger partial charge in [-0.3, -0.25) is 38.7 Å². The van der Waals surface area contributed by atoms with Crippen LogP contribution in [0.2, 0.25) is 0 Å². The Morgan fingerprint density at radius 2 is 0.667 bits per heavy atom. The fourth-order valence-corrected chi connectivity index (χ4v) is 6.21.